The van der Waals surface area contributed by atoms with Crippen LogP contribution in [0.5, 0.6) is 0 Å². The van der Waals surface area contributed by atoms with E-state index in [1.54, 1.807) is 0 Å². The second-order valence-corrected chi connectivity index (χ2v) is 3.27. The van der Waals surface area contributed by atoms with Gasteiger partial charge in [0, 0.05) is 0 Å². The van der Waals surface area contributed by atoms with Crippen molar-refractivity contribution in [2.24, 2.45) is 0 Å². The summed E-state index contributed by atoms with van der Waals surface area (Å²) in [5.74, 6) is -0.0826. The van der Waals surface area contributed by atoms with E-state index in [0.717, 1.165) is 0 Å². The summed E-state index contributed by atoms with van der Waals surface area (Å²) < 4.78 is 22.6. The monoisotopic (exact) mass is 189 g/mol. The Labute approximate surface area is 75.6 Å². The summed E-state index contributed by atoms with van der Waals surface area (Å²) >= 11 is 0. The highest BCUT2D eigenvalue weighted by Gasteiger charge is 2.32. The van der Waals surface area contributed by atoms with E-state index >= 15 is 0 Å². The van der Waals surface area contributed by atoms with Gasteiger partial charge in [-0.2, -0.15) is 0 Å². The first-order chi connectivity index (χ1) is 6.25. The molecule has 0 radical (unpaired) electrons. The largest absolute Gasteiger partial charge is 0.350 e. The number of carbonyl (C=O) groups is 1. The number of hydrogen-bond donors (Lipinski definition) is 0. The topological polar surface area (TPSA) is 38.8 Å². The lowest BCUT2D eigenvalue weighted by Crippen LogP contribution is -2.52. The molecule has 74 valence electrons. The van der Waals surface area contributed by atoms with Gasteiger partial charge in [0.25, 0.3) is 0 Å². The highest BCUT2D eigenvalue weighted by atomic mass is 19.1. The average Bonchev–Trinajstić information content (AvgIpc) is 2.51. The molecule has 2 aliphatic heterocycles. The Hall–Kier alpha value is -0.680. The molecule has 0 saturated carbocycles. The van der Waals surface area contributed by atoms with Gasteiger partial charge in [0.15, 0.2) is 6.29 Å². The number of nitrogens with zero attached hydrogens (tertiary/aromatic N) is 1. The fourth-order valence-corrected chi connectivity index (χ4v) is 1.43. The fourth-order valence-electron chi connectivity index (χ4n) is 1.43. The highest BCUT2D eigenvalue weighted by Crippen LogP contribution is 2.16. The summed E-state index contributed by atoms with van der Waals surface area (Å²) in [6.45, 7) is 1.55. The minimum absolute atomic E-state index is 0.0826. The molecular weight excluding hydrogens is 177 g/mol. The molecule has 0 aliphatic carbocycles. The van der Waals surface area contributed by atoms with Crippen LogP contribution in [0.15, 0.2) is 0 Å². The minimum atomic E-state index is -0.839. The van der Waals surface area contributed by atoms with Crippen LogP contribution >= 0.6 is 0 Å². The van der Waals surface area contributed by atoms with E-state index in [4.69, 9.17) is 9.47 Å². The first kappa shape index (κ1) is 8.90. The van der Waals surface area contributed by atoms with Crippen LogP contribution in [0, 0.1) is 0 Å². The van der Waals surface area contributed by atoms with Crippen LogP contribution in [0.25, 0.3) is 0 Å². The van der Waals surface area contributed by atoms with E-state index in [1.807, 2.05) is 0 Å². The summed E-state index contributed by atoms with van der Waals surface area (Å²) in [7, 11) is 0. The van der Waals surface area contributed by atoms with Crippen LogP contribution in [-0.4, -0.2) is 49.6 Å². The second kappa shape index (κ2) is 3.59. The molecule has 0 aromatic rings. The van der Waals surface area contributed by atoms with Crippen molar-refractivity contribution in [1.82, 2.24) is 4.90 Å². The zero-order valence-corrected chi connectivity index (χ0v) is 7.24. The molecule has 4 nitrogen and oxygen atoms in total. The van der Waals surface area contributed by atoms with Crippen molar-refractivity contribution in [2.45, 2.75) is 18.9 Å². The van der Waals surface area contributed by atoms with Crippen molar-refractivity contribution >= 4 is 5.91 Å². The molecule has 0 atom stereocenters. The Balaban J connectivity index is 1.72. The van der Waals surface area contributed by atoms with Crippen molar-refractivity contribution < 1.29 is 18.7 Å². The van der Waals surface area contributed by atoms with Crippen molar-refractivity contribution in [3.8, 4) is 0 Å². The van der Waals surface area contributed by atoms with Gasteiger partial charge in [-0.3, -0.25) is 4.79 Å². The lowest BCUT2D eigenvalue weighted by atomic mass is 10.2. The Morgan fingerprint density at radius 1 is 1.38 bits per heavy atom. The van der Waals surface area contributed by atoms with E-state index in [9.17, 15) is 9.18 Å². The summed E-state index contributed by atoms with van der Waals surface area (Å²) in [5, 5.41) is 0. The first-order valence-electron chi connectivity index (χ1n) is 4.41. The molecule has 2 saturated heterocycles. The van der Waals surface area contributed by atoms with Crippen molar-refractivity contribution in [2.75, 3.05) is 26.3 Å². The number of ether oxygens (including phenoxy) is 2. The molecular formula is C8H12FNO3. The highest BCUT2D eigenvalue weighted by molar-refractivity contribution is 5.77. The van der Waals surface area contributed by atoms with Gasteiger partial charge < -0.3 is 14.4 Å². The summed E-state index contributed by atoms with van der Waals surface area (Å²) in [6, 6.07) is 0. The molecule has 0 N–H and O–H groups in total. The molecule has 1 amide bonds. The molecule has 0 aromatic heterocycles. The fraction of sp³-hybridized carbons (Fsp3) is 0.875. The minimum Gasteiger partial charge on any atom is -0.350 e. The molecule has 2 aliphatic rings. The molecule has 0 unspecified atom stereocenters. The van der Waals surface area contributed by atoms with E-state index < -0.39 is 12.5 Å². The predicted molar refractivity (Wildman–Crippen MR) is 41.8 cm³/mol. The average molecular weight is 189 g/mol. The van der Waals surface area contributed by atoms with Gasteiger partial charge in [0.05, 0.1) is 32.7 Å². The molecule has 0 spiro atoms. The van der Waals surface area contributed by atoms with Gasteiger partial charge in [0.1, 0.15) is 6.17 Å². The van der Waals surface area contributed by atoms with Crippen LogP contribution < -0.4 is 0 Å². The van der Waals surface area contributed by atoms with Crippen molar-refractivity contribution in [1.29, 1.82) is 0 Å². The van der Waals surface area contributed by atoms with Crippen LogP contribution in [0.3, 0.4) is 0 Å². The third-order valence-electron chi connectivity index (χ3n) is 2.22. The van der Waals surface area contributed by atoms with Gasteiger partial charge in [-0.15, -0.1) is 0 Å². The molecule has 0 bridgehead atoms. The first-order valence-corrected chi connectivity index (χ1v) is 4.41. The Kier molecular flexibility index (Phi) is 2.46. The third-order valence-corrected chi connectivity index (χ3v) is 2.22. The molecule has 2 heterocycles. The molecule has 0 aromatic carbocycles. The standard InChI is InChI=1S/C8H12FNO3/c9-6-4-10(5-6)7(11)3-8-12-1-2-13-8/h6,8H,1-5H2. The quantitative estimate of drug-likeness (QED) is 0.610. The summed E-state index contributed by atoms with van der Waals surface area (Å²) in [4.78, 5) is 12.8. The molecule has 2 fully saturated rings. The third kappa shape index (κ3) is 1.97. The van der Waals surface area contributed by atoms with Crippen LogP contribution in [0.4, 0.5) is 4.39 Å². The van der Waals surface area contributed by atoms with Crippen molar-refractivity contribution in [3.05, 3.63) is 0 Å². The number of likely N-dealkylation sites (tertiary alicyclic amines) is 1. The van der Waals surface area contributed by atoms with Crippen LogP contribution in [0.1, 0.15) is 6.42 Å². The maximum absolute atomic E-state index is 12.4. The number of alkyl halides is 1. The predicted octanol–water partition coefficient (Wildman–Crippen LogP) is -0.0703. The van der Waals surface area contributed by atoms with Gasteiger partial charge >= 0.3 is 0 Å². The Bertz CT molecular complexity index is 200. The number of hydrogen-bond acceptors (Lipinski definition) is 3. The van der Waals surface area contributed by atoms with Gasteiger partial charge in [-0.05, 0) is 0 Å². The van der Waals surface area contributed by atoms with E-state index in [1.165, 1.54) is 4.90 Å². The number of halogens is 1. The van der Waals surface area contributed by atoms with Gasteiger partial charge in [-0.25, -0.2) is 4.39 Å². The molecule has 2 rings (SSSR count). The molecule has 5 heteroatoms. The maximum atomic E-state index is 12.4. The van der Waals surface area contributed by atoms with E-state index in [-0.39, 0.29) is 25.4 Å². The Morgan fingerprint density at radius 2 is 2.00 bits per heavy atom. The lowest BCUT2D eigenvalue weighted by molar-refractivity contribution is -0.146. The van der Waals surface area contributed by atoms with Gasteiger partial charge in [-0.1, -0.05) is 0 Å². The van der Waals surface area contributed by atoms with E-state index in [2.05, 4.69) is 0 Å². The lowest BCUT2D eigenvalue weighted by Gasteiger charge is -2.34. The van der Waals surface area contributed by atoms with Gasteiger partial charge in [0.2, 0.25) is 5.91 Å². The Morgan fingerprint density at radius 3 is 2.54 bits per heavy atom. The summed E-state index contributed by atoms with van der Waals surface area (Å²) in [6.07, 6.45) is -1.03. The summed E-state index contributed by atoms with van der Waals surface area (Å²) in [5.41, 5.74) is 0. The SMILES string of the molecule is O=C(CC1OCCO1)N1CC(F)C1. The van der Waals surface area contributed by atoms with Crippen LogP contribution in [-0.2, 0) is 14.3 Å². The molecule has 13 heavy (non-hydrogen) atoms. The number of rotatable bonds is 2. The number of amides is 1. The normalized spacial score (nSPS) is 24.8. The smallest absolute Gasteiger partial charge is 0.227 e. The zero-order valence-electron chi connectivity index (χ0n) is 7.24. The second-order valence-electron chi connectivity index (χ2n) is 3.27. The zero-order chi connectivity index (χ0) is 9.26. The van der Waals surface area contributed by atoms with Crippen LogP contribution in [0.2, 0.25) is 0 Å². The van der Waals surface area contributed by atoms with Crippen molar-refractivity contribution in [3.63, 3.8) is 0 Å². The maximum Gasteiger partial charge on any atom is 0.227 e. The van der Waals surface area contributed by atoms with E-state index in [0.29, 0.717) is 13.2 Å². The number of carbonyl (C=O) groups excluding carboxylic acids is 1.